The summed E-state index contributed by atoms with van der Waals surface area (Å²) in [4.78, 5) is 36.7. The van der Waals surface area contributed by atoms with E-state index in [-0.39, 0.29) is 5.82 Å². The SMILES string of the molecule is CC1=NN(c2cc(=O)n(C)c(=O)n2C)C(=O)C1N=Nc1ccc(C)cc1. The molecule has 0 radical (unpaired) electrons. The fourth-order valence-corrected chi connectivity index (χ4v) is 2.51. The van der Waals surface area contributed by atoms with Gasteiger partial charge in [-0.3, -0.25) is 18.7 Å². The number of rotatable bonds is 3. The van der Waals surface area contributed by atoms with Crippen LogP contribution in [0, 0.1) is 6.92 Å². The average Bonchev–Trinajstić information content (AvgIpc) is 2.90. The molecule has 0 saturated heterocycles. The van der Waals surface area contributed by atoms with Crippen LogP contribution in [0.15, 0.2) is 55.3 Å². The van der Waals surface area contributed by atoms with Gasteiger partial charge in [0.15, 0.2) is 6.04 Å². The summed E-state index contributed by atoms with van der Waals surface area (Å²) in [6.07, 6.45) is 0. The first kappa shape index (κ1) is 17.5. The summed E-state index contributed by atoms with van der Waals surface area (Å²) in [6.45, 7) is 3.61. The summed E-state index contributed by atoms with van der Waals surface area (Å²) in [7, 11) is 2.84. The van der Waals surface area contributed by atoms with Crippen LogP contribution in [0.3, 0.4) is 0 Å². The maximum absolute atomic E-state index is 12.7. The smallest absolute Gasteiger partial charge is 0.281 e. The molecule has 0 N–H and O–H groups in total. The fraction of sp³-hybridized carbons (Fsp3) is 0.294. The highest BCUT2D eigenvalue weighted by Crippen LogP contribution is 2.21. The van der Waals surface area contributed by atoms with Crippen LogP contribution >= 0.6 is 0 Å². The lowest BCUT2D eigenvalue weighted by Crippen LogP contribution is -2.40. The van der Waals surface area contributed by atoms with E-state index in [2.05, 4.69) is 15.3 Å². The van der Waals surface area contributed by atoms with Crippen LogP contribution in [0.25, 0.3) is 0 Å². The Labute approximate surface area is 148 Å². The molecule has 1 aromatic carbocycles. The number of carbonyl (C=O) groups is 1. The molecule has 1 atom stereocenters. The number of nitrogens with zero attached hydrogens (tertiary/aromatic N) is 6. The van der Waals surface area contributed by atoms with Gasteiger partial charge in [0, 0.05) is 20.2 Å². The number of hydrogen-bond acceptors (Lipinski definition) is 6. The second-order valence-corrected chi connectivity index (χ2v) is 6.09. The molecule has 1 aromatic heterocycles. The third-order valence-electron chi connectivity index (χ3n) is 4.14. The van der Waals surface area contributed by atoms with E-state index in [1.807, 2.05) is 19.1 Å². The van der Waals surface area contributed by atoms with Crippen molar-refractivity contribution >= 4 is 23.1 Å². The van der Waals surface area contributed by atoms with Gasteiger partial charge in [-0.2, -0.15) is 20.3 Å². The zero-order valence-electron chi connectivity index (χ0n) is 14.9. The maximum Gasteiger partial charge on any atom is 0.332 e. The molecule has 9 nitrogen and oxygen atoms in total. The summed E-state index contributed by atoms with van der Waals surface area (Å²) in [6, 6.07) is 7.69. The second kappa shape index (κ2) is 6.51. The van der Waals surface area contributed by atoms with Crippen molar-refractivity contribution in [1.29, 1.82) is 0 Å². The van der Waals surface area contributed by atoms with Gasteiger partial charge in [0.2, 0.25) is 0 Å². The second-order valence-electron chi connectivity index (χ2n) is 6.09. The van der Waals surface area contributed by atoms with E-state index in [4.69, 9.17) is 0 Å². The molecule has 1 aliphatic heterocycles. The molecule has 9 heteroatoms. The van der Waals surface area contributed by atoms with Gasteiger partial charge in [-0.05, 0) is 26.0 Å². The third-order valence-corrected chi connectivity index (χ3v) is 4.14. The van der Waals surface area contributed by atoms with Crippen molar-refractivity contribution in [1.82, 2.24) is 9.13 Å². The van der Waals surface area contributed by atoms with Gasteiger partial charge in [-0.15, -0.1) is 0 Å². The van der Waals surface area contributed by atoms with Crippen molar-refractivity contribution in [3.8, 4) is 0 Å². The van der Waals surface area contributed by atoms with Gasteiger partial charge in [0.1, 0.15) is 5.82 Å². The van der Waals surface area contributed by atoms with Gasteiger partial charge in [-0.25, -0.2) is 4.79 Å². The van der Waals surface area contributed by atoms with Crippen molar-refractivity contribution in [3.05, 3.63) is 56.7 Å². The zero-order chi connectivity index (χ0) is 19.0. The molecule has 2 heterocycles. The van der Waals surface area contributed by atoms with Crippen molar-refractivity contribution in [2.75, 3.05) is 5.01 Å². The highest BCUT2D eigenvalue weighted by atomic mass is 16.2. The molecule has 1 unspecified atom stereocenters. The average molecular weight is 354 g/mol. The number of benzene rings is 1. The van der Waals surface area contributed by atoms with E-state index in [1.54, 1.807) is 19.1 Å². The molecule has 0 bridgehead atoms. The first-order valence-electron chi connectivity index (χ1n) is 7.93. The van der Waals surface area contributed by atoms with Crippen LogP contribution in [-0.2, 0) is 18.9 Å². The number of amides is 1. The summed E-state index contributed by atoms with van der Waals surface area (Å²) >= 11 is 0. The topological polar surface area (TPSA) is 101 Å². The quantitative estimate of drug-likeness (QED) is 0.776. The van der Waals surface area contributed by atoms with Crippen molar-refractivity contribution < 1.29 is 4.79 Å². The molecule has 134 valence electrons. The lowest BCUT2D eigenvalue weighted by atomic mass is 10.2. The molecule has 1 amide bonds. The molecule has 0 fully saturated rings. The van der Waals surface area contributed by atoms with Crippen LogP contribution in [0.2, 0.25) is 0 Å². The molecule has 1 aliphatic rings. The minimum Gasteiger partial charge on any atom is -0.281 e. The van der Waals surface area contributed by atoms with Gasteiger partial charge >= 0.3 is 5.69 Å². The predicted molar refractivity (Wildman–Crippen MR) is 97.0 cm³/mol. The standard InChI is InChI=1S/C17H18N6O3/c1-10-5-7-12(8-6-10)18-19-15-11(2)20-23(16(15)25)13-9-14(24)22(4)17(26)21(13)3/h5-9,15H,1-4H3. The molecular weight excluding hydrogens is 336 g/mol. The number of hydrogen-bond donors (Lipinski definition) is 0. The number of aryl methyl sites for hydroxylation is 1. The number of anilines is 1. The molecule has 2 aromatic rings. The molecule has 0 aliphatic carbocycles. The Morgan fingerprint density at radius 3 is 2.31 bits per heavy atom. The summed E-state index contributed by atoms with van der Waals surface area (Å²) in [5.41, 5.74) is 1.08. The van der Waals surface area contributed by atoms with E-state index in [0.29, 0.717) is 11.4 Å². The monoisotopic (exact) mass is 354 g/mol. The fourth-order valence-electron chi connectivity index (χ4n) is 2.51. The van der Waals surface area contributed by atoms with Crippen LogP contribution in [-0.4, -0.2) is 26.8 Å². The molecular formula is C17H18N6O3. The number of azo groups is 1. The summed E-state index contributed by atoms with van der Waals surface area (Å²) in [5, 5.41) is 13.4. The Morgan fingerprint density at radius 2 is 1.65 bits per heavy atom. The lowest BCUT2D eigenvalue weighted by molar-refractivity contribution is -0.118. The highest BCUT2D eigenvalue weighted by Gasteiger charge is 2.36. The largest absolute Gasteiger partial charge is 0.332 e. The van der Waals surface area contributed by atoms with Crippen LogP contribution in [0.1, 0.15) is 12.5 Å². The minimum atomic E-state index is -0.893. The number of hydrazone groups is 1. The highest BCUT2D eigenvalue weighted by molar-refractivity contribution is 6.17. The Kier molecular flexibility index (Phi) is 4.37. The predicted octanol–water partition coefficient (Wildman–Crippen LogP) is 1.27. The normalized spacial score (nSPS) is 17.2. The molecule has 26 heavy (non-hydrogen) atoms. The van der Waals surface area contributed by atoms with E-state index >= 15 is 0 Å². The Bertz CT molecular complexity index is 1050. The van der Waals surface area contributed by atoms with Gasteiger partial charge in [0.25, 0.3) is 11.5 Å². The third kappa shape index (κ3) is 2.99. The Balaban J connectivity index is 1.93. The van der Waals surface area contributed by atoms with E-state index in [9.17, 15) is 14.4 Å². The van der Waals surface area contributed by atoms with E-state index < -0.39 is 23.2 Å². The van der Waals surface area contributed by atoms with Gasteiger partial charge in [0.05, 0.1) is 11.4 Å². The van der Waals surface area contributed by atoms with Gasteiger partial charge in [-0.1, -0.05) is 17.7 Å². The van der Waals surface area contributed by atoms with Crippen molar-refractivity contribution in [3.63, 3.8) is 0 Å². The molecule has 0 spiro atoms. The summed E-state index contributed by atoms with van der Waals surface area (Å²) in [5.74, 6) is -0.378. The van der Waals surface area contributed by atoms with Crippen LogP contribution < -0.4 is 16.3 Å². The molecule has 3 rings (SSSR count). The van der Waals surface area contributed by atoms with E-state index in [1.165, 1.54) is 24.7 Å². The number of aromatic nitrogens is 2. The Morgan fingerprint density at radius 1 is 1.00 bits per heavy atom. The first-order chi connectivity index (χ1) is 12.3. The van der Waals surface area contributed by atoms with Gasteiger partial charge < -0.3 is 0 Å². The zero-order valence-corrected chi connectivity index (χ0v) is 14.9. The molecule has 0 saturated carbocycles. The van der Waals surface area contributed by atoms with E-state index in [0.717, 1.165) is 15.1 Å². The first-order valence-corrected chi connectivity index (χ1v) is 7.93. The van der Waals surface area contributed by atoms with Crippen molar-refractivity contribution in [2.24, 2.45) is 29.4 Å². The lowest BCUT2D eigenvalue weighted by Gasteiger charge is -2.16. The minimum absolute atomic E-state index is 0.0930. The van der Waals surface area contributed by atoms with Crippen LogP contribution in [0.4, 0.5) is 11.5 Å². The number of carbonyl (C=O) groups excluding carboxylic acids is 1. The van der Waals surface area contributed by atoms with Crippen molar-refractivity contribution in [2.45, 2.75) is 19.9 Å². The Hall–Kier alpha value is -3.36. The van der Waals surface area contributed by atoms with Crippen LogP contribution in [0.5, 0.6) is 0 Å². The maximum atomic E-state index is 12.7. The summed E-state index contributed by atoms with van der Waals surface area (Å²) < 4.78 is 2.14.